The Balaban J connectivity index is 2.92. The Bertz CT molecular complexity index is 828. The van der Waals surface area contributed by atoms with Gasteiger partial charge in [0.25, 0.3) is 5.91 Å². The zero-order valence-corrected chi connectivity index (χ0v) is 17.1. The van der Waals surface area contributed by atoms with Crippen LogP contribution < -0.4 is 20.5 Å². The van der Waals surface area contributed by atoms with Gasteiger partial charge in [-0.05, 0) is 25.0 Å². The average molecular weight is 403 g/mol. The molecule has 0 radical (unpaired) electrons. The molecule has 0 heterocycles. The van der Waals surface area contributed by atoms with Gasteiger partial charge in [0.05, 0.1) is 14.2 Å². The third kappa shape index (κ3) is 6.53. The lowest BCUT2D eigenvalue weighted by Gasteiger charge is -2.21. The molecule has 0 unspecified atom stereocenters. The Hall–Kier alpha value is -3.54. The van der Waals surface area contributed by atoms with Crippen molar-refractivity contribution in [2.45, 2.75) is 26.8 Å². The van der Waals surface area contributed by atoms with Crippen LogP contribution in [0.4, 0.5) is 0 Å². The van der Waals surface area contributed by atoms with E-state index in [1.165, 1.54) is 33.3 Å². The molecule has 0 fully saturated rings. The normalized spacial score (nSPS) is 12.3. The number of benzene rings is 1. The van der Waals surface area contributed by atoms with E-state index < -0.39 is 30.3 Å². The summed E-state index contributed by atoms with van der Waals surface area (Å²) < 4.78 is 15.3. The van der Waals surface area contributed by atoms with Crippen molar-refractivity contribution >= 4 is 17.7 Å². The van der Waals surface area contributed by atoms with Crippen molar-refractivity contribution in [2.24, 2.45) is 11.7 Å². The van der Waals surface area contributed by atoms with E-state index in [0.717, 1.165) is 0 Å². The van der Waals surface area contributed by atoms with Gasteiger partial charge in [-0.1, -0.05) is 13.8 Å². The second-order valence-electron chi connectivity index (χ2n) is 6.50. The molecule has 156 valence electrons. The van der Waals surface area contributed by atoms with Gasteiger partial charge in [-0.2, -0.15) is 5.26 Å². The van der Waals surface area contributed by atoms with Gasteiger partial charge in [-0.15, -0.1) is 0 Å². The lowest BCUT2D eigenvalue weighted by atomic mass is 10.0. The van der Waals surface area contributed by atoms with Crippen LogP contribution in [0.1, 0.15) is 31.1 Å². The fourth-order valence-corrected chi connectivity index (χ4v) is 2.33. The molecule has 0 aliphatic heterocycles. The predicted octanol–water partition coefficient (Wildman–Crippen LogP) is 1.33. The van der Waals surface area contributed by atoms with E-state index in [4.69, 9.17) is 25.2 Å². The third-order valence-electron chi connectivity index (χ3n) is 3.95. The van der Waals surface area contributed by atoms with Gasteiger partial charge in [0.2, 0.25) is 5.78 Å². The summed E-state index contributed by atoms with van der Waals surface area (Å²) in [4.78, 5) is 37.0. The molecule has 0 aromatic heterocycles. The first kappa shape index (κ1) is 23.5. The van der Waals surface area contributed by atoms with Crippen molar-refractivity contribution in [3.8, 4) is 17.6 Å². The maximum Gasteiger partial charge on any atom is 0.329 e. The molecule has 0 spiro atoms. The lowest BCUT2D eigenvalue weighted by Crippen LogP contribution is -2.45. The van der Waals surface area contributed by atoms with Gasteiger partial charge in [-0.3, -0.25) is 9.59 Å². The Morgan fingerprint density at radius 3 is 2.10 bits per heavy atom. The van der Waals surface area contributed by atoms with Crippen LogP contribution in [0.5, 0.6) is 11.5 Å². The second-order valence-corrected chi connectivity index (χ2v) is 6.50. The molecular formula is C20H25N3O6. The highest BCUT2D eigenvalue weighted by Crippen LogP contribution is 2.22. The van der Waals surface area contributed by atoms with Crippen LogP contribution in [0, 0.1) is 17.2 Å². The van der Waals surface area contributed by atoms with E-state index >= 15 is 0 Å². The molecule has 1 amide bonds. The molecule has 0 aliphatic carbocycles. The molecule has 9 heteroatoms. The SMILES string of the molecule is COc1cc(OC)cc(C(=O)N[C@H](C(=O)OCC(=O)/C(C#N)=C(/C)N)C(C)C)c1. The molecule has 0 saturated heterocycles. The predicted molar refractivity (Wildman–Crippen MR) is 104 cm³/mol. The highest BCUT2D eigenvalue weighted by Gasteiger charge is 2.27. The third-order valence-corrected chi connectivity index (χ3v) is 3.95. The van der Waals surface area contributed by atoms with Crippen molar-refractivity contribution in [3.05, 3.63) is 35.0 Å². The summed E-state index contributed by atoms with van der Waals surface area (Å²) in [6, 6.07) is 5.26. The van der Waals surface area contributed by atoms with Crippen LogP contribution in [-0.2, 0) is 14.3 Å². The fraction of sp³-hybridized carbons (Fsp3) is 0.400. The van der Waals surface area contributed by atoms with Gasteiger partial charge in [-0.25, -0.2) is 4.79 Å². The Kier molecular flexibility index (Phi) is 8.68. The van der Waals surface area contributed by atoms with Crippen LogP contribution in [0.25, 0.3) is 0 Å². The molecule has 3 N–H and O–H groups in total. The summed E-state index contributed by atoms with van der Waals surface area (Å²) >= 11 is 0. The van der Waals surface area contributed by atoms with E-state index in [-0.39, 0.29) is 22.8 Å². The number of hydrogen-bond acceptors (Lipinski definition) is 8. The van der Waals surface area contributed by atoms with E-state index in [0.29, 0.717) is 11.5 Å². The van der Waals surface area contributed by atoms with Crippen LogP contribution >= 0.6 is 0 Å². The number of rotatable bonds is 9. The van der Waals surface area contributed by atoms with E-state index in [9.17, 15) is 14.4 Å². The number of carbonyl (C=O) groups is 3. The Morgan fingerprint density at radius 1 is 1.14 bits per heavy atom. The lowest BCUT2D eigenvalue weighted by molar-refractivity contribution is -0.150. The minimum Gasteiger partial charge on any atom is -0.497 e. The van der Waals surface area contributed by atoms with Crippen molar-refractivity contribution < 1.29 is 28.6 Å². The summed E-state index contributed by atoms with van der Waals surface area (Å²) in [5, 5.41) is 11.5. The molecule has 0 bridgehead atoms. The van der Waals surface area contributed by atoms with E-state index in [2.05, 4.69) is 5.32 Å². The number of nitriles is 1. The quantitative estimate of drug-likeness (QED) is 0.357. The summed E-state index contributed by atoms with van der Waals surface area (Å²) in [5.41, 5.74) is 5.45. The highest BCUT2D eigenvalue weighted by atomic mass is 16.5. The van der Waals surface area contributed by atoms with Crippen molar-refractivity contribution in [2.75, 3.05) is 20.8 Å². The van der Waals surface area contributed by atoms with Crippen molar-refractivity contribution in [1.29, 1.82) is 5.26 Å². The molecule has 29 heavy (non-hydrogen) atoms. The van der Waals surface area contributed by atoms with Crippen LogP contribution in [0.3, 0.4) is 0 Å². The summed E-state index contributed by atoms with van der Waals surface area (Å²) in [7, 11) is 2.91. The monoisotopic (exact) mass is 403 g/mol. The van der Waals surface area contributed by atoms with Gasteiger partial charge in [0.1, 0.15) is 29.2 Å². The van der Waals surface area contributed by atoms with Gasteiger partial charge in [0, 0.05) is 17.3 Å². The molecule has 1 aromatic carbocycles. The largest absolute Gasteiger partial charge is 0.497 e. The Morgan fingerprint density at radius 2 is 1.69 bits per heavy atom. The van der Waals surface area contributed by atoms with Crippen molar-refractivity contribution in [3.63, 3.8) is 0 Å². The number of nitrogens with two attached hydrogens (primary N) is 1. The maximum absolute atomic E-state index is 12.6. The molecule has 0 aliphatic rings. The number of amides is 1. The topological polar surface area (TPSA) is 141 Å². The van der Waals surface area contributed by atoms with Crippen LogP contribution in [0.15, 0.2) is 29.5 Å². The van der Waals surface area contributed by atoms with Gasteiger partial charge < -0.3 is 25.3 Å². The first-order chi connectivity index (χ1) is 13.6. The molecule has 1 rings (SSSR count). The molecular weight excluding hydrogens is 378 g/mol. The van der Waals surface area contributed by atoms with Crippen molar-refractivity contribution in [1.82, 2.24) is 5.32 Å². The number of methoxy groups -OCH3 is 2. The van der Waals surface area contributed by atoms with Crippen LogP contribution in [-0.4, -0.2) is 44.5 Å². The number of allylic oxidation sites excluding steroid dienone is 1. The summed E-state index contributed by atoms with van der Waals surface area (Å²) in [5.74, 6) is -1.56. The summed E-state index contributed by atoms with van der Waals surface area (Å²) in [6.07, 6.45) is 0. The fourth-order valence-electron chi connectivity index (χ4n) is 2.33. The van der Waals surface area contributed by atoms with E-state index in [1.54, 1.807) is 26.0 Å². The van der Waals surface area contributed by atoms with Gasteiger partial charge in [0.15, 0.2) is 6.61 Å². The number of Topliss-reactive ketones (excluding diaryl/α,β-unsaturated/α-hetero) is 1. The summed E-state index contributed by atoms with van der Waals surface area (Å²) in [6.45, 7) is 4.18. The zero-order valence-electron chi connectivity index (χ0n) is 17.1. The smallest absolute Gasteiger partial charge is 0.329 e. The maximum atomic E-state index is 12.6. The standard InChI is InChI=1S/C20H25N3O6/c1-11(2)18(20(26)29-10-17(24)16(9-21)12(3)22)23-19(25)13-6-14(27-4)8-15(7-13)28-5/h6-8,11,18H,10,22H2,1-5H3,(H,23,25)/b16-12-/t18-/m0/s1. The minimum atomic E-state index is -1.01. The number of esters is 1. The molecule has 9 nitrogen and oxygen atoms in total. The average Bonchev–Trinajstić information content (AvgIpc) is 2.69. The first-order valence-corrected chi connectivity index (χ1v) is 8.74. The number of hydrogen-bond donors (Lipinski definition) is 2. The van der Waals surface area contributed by atoms with Crippen LogP contribution in [0.2, 0.25) is 0 Å². The van der Waals surface area contributed by atoms with Gasteiger partial charge >= 0.3 is 5.97 Å². The molecule has 0 saturated carbocycles. The Labute approximate surface area is 169 Å². The number of nitrogens with one attached hydrogen (secondary N) is 1. The molecule has 1 aromatic rings. The minimum absolute atomic E-state index is 0.0363. The first-order valence-electron chi connectivity index (χ1n) is 8.74. The second kappa shape index (κ2) is 10.7. The molecule has 1 atom stereocenters. The van der Waals surface area contributed by atoms with E-state index in [1.807, 2.05) is 0 Å². The number of ether oxygens (including phenoxy) is 3. The highest BCUT2D eigenvalue weighted by molar-refractivity contribution is 6.02. The number of ketones is 1. The zero-order chi connectivity index (χ0) is 22.1. The number of carbonyl (C=O) groups excluding carboxylic acids is 3. The number of nitrogens with zero attached hydrogens (tertiary/aromatic N) is 1.